The molecule has 0 radical (unpaired) electrons. The summed E-state index contributed by atoms with van der Waals surface area (Å²) in [5.41, 5.74) is 0.539. The Morgan fingerprint density at radius 1 is 1.10 bits per heavy atom. The van der Waals surface area contributed by atoms with E-state index in [1.54, 1.807) is 33.1 Å². The van der Waals surface area contributed by atoms with Gasteiger partial charge in [-0.3, -0.25) is 9.59 Å². The van der Waals surface area contributed by atoms with E-state index in [4.69, 9.17) is 30.5 Å². The van der Waals surface area contributed by atoms with E-state index in [9.17, 15) is 9.59 Å². The SMILES string of the molecule is COCCOc1cc2ncnc(NC3=CC(=O)C(Cl)=C(OC(C)C)C3=O)c2cc1OC. The minimum absolute atomic E-state index is 0.00978. The van der Waals surface area contributed by atoms with E-state index in [0.717, 1.165) is 6.08 Å². The van der Waals surface area contributed by atoms with E-state index in [-0.39, 0.29) is 22.6 Å². The number of fused-ring (bicyclic) bond motifs is 1. The largest absolute Gasteiger partial charge is 0.493 e. The van der Waals surface area contributed by atoms with Crippen LogP contribution in [0.1, 0.15) is 13.8 Å². The summed E-state index contributed by atoms with van der Waals surface area (Å²) in [7, 11) is 3.09. The predicted octanol–water partition coefficient (Wildman–Crippen LogP) is 2.99. The van der Waals surface area contributed by atoms with Crippen molar-refractivity contribution in [1.82, 2.24) is 9.97 Å². The molecule has 1 aromatic carbocycles. The molecule has 0 bridgehead atoms. The maximum atomic E-state index is 12.8. The van der Waals surface area contributed by atoms with Gasteiger partial charge in [0.2, 0.25) is 11.6 Å². The zero-order valence-electron chi connectivity index (χ0n) is 17.5. The molecule has 1 N–H and O–H groups in total. The monoisotopic (exact) mass is 447 g/mol. The maximum absolute atomic E-state index is 12.8. The van der Waals surface area contributed by atoms with Gasteiger partial charge in [-0.15, -0.1) is 0 Å². The predicted molar refractivity (Wildman–Crippen MR) is 114 cm³/mol. The minimum atomic E-state index is -0.545. The molecule has 0 aliphatic heterocycles. The lowest BCUT2D eigenvalue weighted by molar-refractivity contribution is -0.118. The fraction of sp³-hybridized carbons (Fsp3) is 0.333. The van der Waals surface area contributed by atoms with Gasteiger partial charge in [0.25, 0.3) is 0 Å². The number of rotatable bonds is 9. The Kier molecular flexibility index (Phi) is 7.09. The second-order valence-corrected chi connectivity index (χ2v) is 7.15. The molecule has 1 aliphatic carbocycles. The molecule has 2 aromatic rings. The summed E-state index contributed by atoms with van der Waals surface area (Å²) in [6.45, 7) is 4.22. The van der Waals surface area contributed by atoms with Crippen LogP contribution < -0.4 is 14.8 Å². The summed E-state index contributed by atoms with van der Waals surface area (Å²) in [5, 5.41) is 3.21. The summed E-state index contributed by atoms with van der Waals surface area (Å²) in [5.74, 6) is -0.0337. The van der Waals surface area contributed by atoms with Crippen LogP contribution in [0.25, 0.3) is 10.9 Å². The Morgan fingerprint density at radius 3 is 2.55 bits per heavy atom. The van der Waals surface area contributed by atoms with Crippen molar-refractivity contribution in [2.45, 2.75) is 20.0 Å². The second kappa shape index (κ2) is 9.76. The number of hydrogen-bond donors (Lipinski definition) is 1. The average molecular weight is 448 g/mol. The van der Waals surface area contributed by atoms with Gasteiger partial charge in [0, 0.05) is 24.6 Å². The van der Waals surface area contributed by atoms with Crippen LogP contribution in [0.4, 0.5) is 5.82 Å². The van der Waals surface area contributed by atoms with Gasteiger partial charge in [0.15, 0.2) is 17.3 Å². The lowest BCUT2D eigenvalue weighted by atomic mass is 10.1. The van der Waals surface area contributed by atoms with Crippen molar-refractivity contribution in [3.8, 4) is 11.5 Å². The van der Waals surface area contributed by atoms with Crippen molar-refractivity contribution in [3.05, 3.63) is 41.0 Å². The number of methoxy groups -OCH3 is 2. The number of halogens is 1. The summed E-state index contributed by atoms with van der Waals surface area (Å²) in [6.07, 6.45) is 2.12. The number of aromatic nitrogens is 2. The number of anilines is 1. The number of ketones is 2. The highest BCUT2D eigenvalue weighted by atomic mass is 35.5. The van der Waals surface area contributed by atoms with Gasteiger partial charge >= 0.3 is 0 Å². The van der Waals surface area contributed by atoms with E-state index in [2.05, 4.69) is 15.3 Å². The highest BCUT2D eigenvalue weighted by Crippen LogP contribution is 2.35. The fourth-order valence-electron chi connectivity index (χ4n) is 2.83. The van der Waals surface area contributed by atoms with Crippen molar-refractivity contribution < 1.29 is 28.5 Å². The number of allylic oxidation sites excluding steroid dienone is 2. The zero-order chi connectivity index (χ0) is 22.5. The van der Waals surface area contributed by atoms with E-state index in [0.29, 0.717) is 41.4 Å². The van der Waals surface area contributed by atoms with Crippen LogP contribution in [-0.2, 0) is 19.1 Å². The Morgan fingerprint density at radius 2 is 1.87 bits per heavy atom. The maximum Gasteiger partial charge on any atom is 0.245 e. The van der Waals surface area contributed by atoms with Gasteiger partial charge in [0.1, 0.15) is 23.8 Å². The van der Waals surface area contributed by atoms with Crippen molar-refractivity contribution in [2.24, 2.45) is 0 Å². The smallest absolute Gasteiger partial charge is 0.245 e. The first-order valence-electron chi connectivity index (χ1n) is 9.44. The van der Waals surface area contributed by atoms with Crippen LogP contribution in [0.2, 0.25) is 0 Å². The van der Waals surface area contributed by atoms with Crippen LogP contribution >= 0.6 is 11.6 Å². The molecule has 0 spiro atoms. The normalized spacial score (nSPS) is 14.2. The molecule has 0 amide bonds. The number of nitrogens with zero attached hydrogens (tertiary/aromatic N) is 2. The highest BCUT2D eigenvalue weighted by Gasteiger charge is 2.30. The molecular formula is C21H22ClN3O6. The molecule has 31 heavy (non-hydrogen) atoms. The number of benzene rings is 1. The Balaban J connectivity index is 1.95. The van der Waals surface area contributed by atoms with Crippen molar-refractivity contribution in [1.29, 1.82) is 0 Å². The average Bonchev–Trinajstić information content (AvgIpc) is 2.74. The molecule has 0 unspecified atom stereocenters. The molecule has 0 fully saturated rings. The standard InChI is InChI=1S/C21H22ClN3O6/c1-11(2)31-20-18(22)15(26)8-14(19(20)27)25-21-12-7-16(29-4)17(30-6-5-28-3)9-13(12)23-10-24-21/h7-11H,5-6H2,1-4H3,(H,23,24,25). The molecule has 164 valence electrons. The van der Waals surface area contributed by atoms with Crippen LogP contribution in [-0.4, -0.2) is 55.1 Å². The van der Waals surface area contributed by atoms with E-state index >= 15 is 0 Å². The van der Waals surface area contributed by atoms with E-state index in [1.807, 2.05) is 0 Å². The summed E-state index contributed by atoms with van der Waals surface area (Å²) < 4.78 is 21.5. The van der Waals surface area contributed by atoms with Gasteiger partial charge in [0.05, 0.1) is 31.0 Å². The van der Waals surface area contributed by atoms with Crippen LogP contribution in [0.15, 0.2) is 41.0 Å². The number of hydrogen-bond acceptors (Lipinski definition) is 9. The number of carbonyl (C=O) groups is 2. The molecular weight excluding hydrogens is 426 g/mol. The number of nitrogens with one attached hydrogen (secondary N) is 1. The van der Waals surface area contributed by atoms with Gasteiger partial charge in [-0.25, -0.2) is 9.97 Å². The lowest BCUT2D eigenvalue weighted by Crippen LogP contribution is -2.25. The van der Waals surface area contributed by atoms with Crippen LogP contribution in [0.5, 0.6) is 11.5 Å². The molecule has 0 saturated carbocycles. The first kappa shape index (κ1) is 22.5. The minimum Gasteiger partial charge on any atom is -0.493 e. The first-order chi connectivity index (χ1) is 14.8. The molecule has 10 heteroatoms. The third-order valence-corrected chi connectivity index (χ3v) is 4.57. The van der Waals surface area contributed by atoms with Crippen LogP contribution in [0.3, 0.4) is 0 Å². The molecule has 3 rings (SSSR count). The molecule has 0 atom stereocenters. The molecule has 1 aliphatic rings. The zero-order valence-corrected chi connectivity index (χ0v) is 18.3. The summed E-state index contributed by atoms with van der Waals surface area (Å²) in [4.78, 5) is 33.5. The van der Waals surface area contributed by atoms with Gasteiger partial charge in [-0.2, -0.15) is 0 Å². The van der Waals surface area contributed by atoms with E-state index < -0.39 is 11.6 Å². The Labute approximate surface area is 184 Å². The van der Waals surface area contributed by atoms with Gasteiger partial charge in [-0.1, -0.05) is 11.6 Å². The number of ether oxygens (including phenoxy) is 4. The molecule has 9 nitrogen and oxygen atoms in total. The first-order valence-corrected chi connectivity index (χ1v) is 9.82. The summed E-state index contributed by atoms with van der Waals surface area (Å²) >= 11 is 5.99. The third kappa shape index (κ3) is 4.95. The van der Waals surface area contributed by atoms with E-state index in [1.165, 1.54) is 13.4 Å². The lowest BCUT2D eigenvalue weighted by Gasteiger charge is -2.20. The Bertz CT molecular complexity index is 1080. The fourth-order valence-corrected chi connectivity index (χ4v) is 3.01. The number of Topliss-reactive ketones (excluding diaryl/α,β-unsaturated/α-hetero) is 1. The second-order valence-electron chi connectivity index (χ2n) is 6.77. The van der Waals surface area contributed by atoms with Crippen molar-refractivity contribution in [3.63, 3.8) is 0 Å². The topological polar surface area (TPSA) is 109 Å². The van der Waals surface area contributed by atoms with Gasteiger partial charge < -0.3 is 24.3 Å². The molecule has 1 aromatic heterocycles. The third-order valence-electron chi connectivity index (χ3n) is 4.21. The molecule has 1 heterocycles. The van der Waals surface area contributed by atoms with Crippen molar-refractivity contribution in [2.75, 3.05) is 32.8 Å². The van der Waals surface area contributed by atoms with Gasteiger partial charge in [-0.05, 0) is 19.9 Å². The highest BCUT2D eigenvalue weighted by molar-refractivity contribution is 6.48. The van der Waals surface area contributed by atoms with Crippen LogP contribution in [0, 0.1) is 0 Å². The molecule has 0 saturated heterocycles. The quantitative estimate of drug-likeness (QED) is 0.458. The van der Waals surface area contributed by atoms with Crippen molar-refractivity contribution >= 4 is 39.9 Å². The Hall–Kier alpha value is -3.17. The summed E-state index contributed by atoms with van der Waals surface area (Å²) in [6, 6.07) is 3.38. The number of carbonyl (C=O) groups excluding carboxylic acids is 2.